The molecule has 1 saturated carbocycles. The second-order valence-electron chi connectivity index (χ2n) is 5.53. The minimum absolute atomic E-state index is 0.0976. The van der Waals surface area contributed by atoms with Crippen molar-refractivity contribution in [3.8, 4) is 0 Å². The molecule has 2 fully saturated rings. The molecule has 1 aliphatic heterocycles. The lowest BCUT2D eigenvalue weighted by molar-refractivity contribution is 0.281. The van der Waals surface area contributed by atoms with E-state index in [4.69, 9.17) is 11.6 Å². The lowest BCUT2D eigenvalue weighted by atomic mass is 9.85. The molecule has 0 amide bonds. The lowest BCUT2D eigenvalue weighted by Gasteiger charge is -2.34. The predicted molar refractivity (Wildman–Crippen MR) is 75.1 cm³/mol. The van der Waals surface area contributed by atoms with Gasteiger partial charge in [-0.15, -0.1) is 0 Å². The van der Waals surface area contributed by atoms with Gasteiger partial charge in [-0.1, -0.05) is 30.5 Å². The summed E-state index contributed by atoms with van der Waals surface area (Å²) in [6.45, 7) is 1.21. The Labute approximate surface area is 114 Å². The standard InChI is InChI=1S/C15H20ClNO/c16-13-6-5-12(10-18)15(9-13)17-8-7-11-3-1-2-4-14(11)17/h5-6,9,11,14,18H,1-4,7-8,10H2. The van der Waals surface area contributed by atoms with Crippen LogP contribution < -0.4 is 4.90 Å². The first-order chi connectivity index (χ1) is 8.79. The maximum absolute atomic E-state index is 9.50. The molecule has 0 spiro atoms. The molecule has 1 N–H and O–H groups in total. The second-order valence-corrected chi connectivity index (χ2v) is 5.96. The van der Waals surface area contributed by atoms with E-state index >= 15 is 0 Å². The van der Waals surface area contributed by atoms with Crippen LogP contribution in [-0.4, -0.2) is 17.7 Å². The monoisotopic (exact) mass is 265 g/mol. The average Bonchev–Trinajstić information content (AvgIpc) is 2.82. The number of hydrogen-bond donors (Lipinski definition) is 1. The van der Waals surface area contributed by atoms with E-state index in [1.165, 1.54) is 32.1 Å². The van der Waals surface area contributed by atoms with Crippen LogP contribution in [0.2, 0.25) is 5.02 Å². The van der Waals surface area contributed by atoms with Crippen molar-refractivity contribution < 1.29 is 5.11 Å². The Balaban J connectivity index is 1.92. The van der Waals surface area contributed by atoms with E-state index in [1.807, 2.05) is 18.2 Å². The fourth-order valence-electron chi connectivity index (χ4n) is 3.64. The van der Waals surface area contributed by atoms with Gasteiger partial charge in [-0.05, 0) is 37.3 Å². The highest BCUT2D eigenvalue weighted by molar-refractivity contribution is 6.30. The summed E-state index contributed by atoms with van der Waals surface area (Å²) in [6.07, 6.45) is 6.68. The van der Waals surface area contributed by atoms with Crippen molar-refractivity contribution in [2.24, 2.45) is 5.92 Å². The normalized spacial score (nSPS) is 27.3. The maximum Gasteiger partial charge on any atom is 0.0702 e. The van der Waals surface area contributed by atoms with E-state index in [9.17, 15) is 5.11 Å². The smallest absolute Gasteiger partial charge is 0.0702 e. The van der Waals surface area contributed by atoms with Crippen molar-refractivity contribution >= 4 is 17.3 Å². The Kier molecular flexibility index (Phi) is 3.49. The summed E-state index contributed by atoms with van der Waals surface area (Å²) < 4.78 is 0. The zero-order chi connectivity index (χ0) is 12.5. The van der Waals surface area contributed by atoms with Crippen LogP contribution in [0, 0.1) is 5.92 Å². The van der Waals surface area contributed by atoms with Crippen LogP contribution in [0.25, 0.3) is 0 Å². The Morgan fingerprint density at radius 1 is 1.22 bits per heavy atom. The number of aliphatic hydroxyl groups is 1. The predicted octanol–water partition coefficient (Wildman–Crippen LogP) is 3.60. The molecule has 3 heteroatoms. The molecule has 1 aromatic carbocycles. The molecule has 2 unspecified atom stereocenters. The largest absolute Gasteiger partial charge is 0.392 e. The van der Waals surface area contributed by atoms with Crippen LogP contribution in [0.1, 0.15) is 37.7 Å². The summed E-state index contributed by atoms with van der Waals surface area (Å²) >= 11 is 6.12. The van der Waals surface area contributed by atoms with Crippen molar-refractivity contribution in [3.05, 3.63) is 28.8 Å². The number of nitrogens with zero attached hydrogens (tertiary/aromatic N) is 1. The molecule has 1 saturated heterocycles. The van der Waals surface area contributed by atoms with E-state index in [-0.39, 0.29) is 6.61 Å². The number of anilines is 1. The van der Waals surface area contributed by atoms with Gasteiger partial charge in [0.2, 0.25) is 0 Å². The van der Waals surface area contributed by atoms with E-state index < -0.39 is 0 Å². The number of aliphatic hydroxyl groups excluding tert-OH is 1. The van der Waals surface area contributed by atoms with E-state index in [0.717, 1.165) is 28.7 Å². The molecule has 2 nitrogen and oxygen atoms in total. The lowest BCUT2D eigenvalue weighted by Crippen LogP contribution is -2.35. The molecule has 1 aromatic rings. The third kappa shape index (κ3) is 2.12. The highest BCUT2D eigenvalue weighted by Gasteiger charge is 2.36. The Bertz CT molecular complexity index is 435. The number of benzene rings is 1. The summed E-state index contributed by atoms with van der Waals surface area (Å²) in [5, 5.41) is 10.3. The minimum Gasteiger partial charge on any atom is -0.392 e. The highest BCUT2D eigenvalue weighted by Crippen LogP contribution is 2.40. The van der Waals surface area contributed by atoms with Gasteiger partial charge in [-0.25, -0.2) is 0 Å². The average molecular weight is 266 g/mol. The van der Waals surface area contributed by atoms with Gasteiger partial charge in [-0.3, -0.25) is 0 Å². The molecule has 0 bridgehead atoms. The Morgan fingerprint density at radius 3 is 2.89 bits per heavy atom. The van der Waals surface area contributed by atoms with Gasteiger partial charge < -0.3 is 10.0 Å². The SMILES string of the molecule is OCc1ccc(Cl)cc1N1CCC2CCCCC21. The molecule has 1 heterocycles. The first-order valence-corrected chi connectivity index (χ1v) is 7.33. The van der Waals surface area contributed by atoms with Crippen LogP contribution in [-0.2, 0) is 6.61 Å². The first-order valence-electron chi connectivity index (χ1n) is 6.95. The van der Waals surface area contributed by atoms with E-state index in [1.54, 1.807) is 0 Å². The van der Waals surface area contributed by atoms with Crippen LogP contribution in [0.3, 0.4) is 0 Å². The van der Waals surface area contributed by atoms with Crippen LogP contribution in [0.15, 0.2) is 18.2 Å². The molecule has 1 aliphatic carbocycles. The topological polar surface area (TPSA) is 23.5 Å². The molecule has 18 heavy (non-hydrogen) atoms. The van der Waals surface area contributed by atoms with Crippen molar-refractivity contribution in [3.63, 3.8) is 0 Å². The molecule has 98 valence electrons. The van der Waals surface area contributed by atoms with Crippen LogP contribution in [0.5, 0.6) is 0 Å². The van der Waals surface area contributed by atoms with Gasteiger partial charge in [0.15, 0.2) is 0 Å². The third-order valence-electron chi connectivity index (χ3n) is 4.54. The van der Waals surface area contributed by atoms with E-state index in [0.29, 0.717) is 6.04 Å². The molecule has 0 aromatic heterocycles. The Hall–Kier alpha value is -0.730. The Morgan fingerprint density at radius 2 is 2.06 bits per heavy atom. The molecule has 2 aliphatic rings. The van der Waals surface area contributed by atoms with Crippen molar-refractivity contribution in [2.75, 3.05) is 11.4 Å². The summed E-state index contributed by atoms with van der Waals surface area (Å²) in [5.74, 6) is 0.851. The zero-order valence-corrected chi connectivity index (χ0v) is 11.4. The molecular formula is C15H20ClNO. The van der Waals surface area contributed by atoms with Crippen molar-refractivity contribution in [1.29, 1.82) is 0 Å². The summed E-state index contributed by atoms with van der Waals surface area (Å²) in [5.41, 5.74) is 2.16. The third-order valence-corrected chi connectivity index (χ3v) is 4.77. The summed E-state index contributed by atoms with van der Waals surface area (Å²) in [6, 6.07) is 6.51. The maximum atomic E-state index is 9.50. The fraction of sp³-hybridized carbons (Fsp3) is 0.600. The quantitative estimate of drug-likeness (QED) is 0.883. The van der Waals surface area contributed by atoms with Crippen molar-refractivity contribution in [2.45, 2.75) is 44.8 Å². The van der Waals surface area contributed by atoms with Crippen LogP contribution in [0.4, 0.5) is 5.69 Å². The second kappa shape index (κ2) is 5.10. The van der Waals surface area contributed by atoms with Gasteiger partial charge in [0, 0.05) is 28.9 Å². The fourth-order valence-corrected chi connectivity index (χ4v) is 3.81. The number of hydrogen-bond acceptors (Lipinski definition) is 2. The first kappa shape index (κ1) is 12.3. The van der Waals surface area contributed by atoms with Gasteiger partial charge in [0.1, 0.15) is 0 Å². The number of halogens is 1. The van der Waals surface area contributed by atoms with E-state index in [2.05, 4.69) is 4.90 Å². The van der Waals surface area contributed by atoms with Gasteiger partial charge in [0.05, 0.1) is 6.61 Å². The van der Waals surface area contributed by atoms with Gasteiger partial charge in [-0.2, -0.15) is 0 Å². The highest BCUT2D eigenvalue weighted by atomic mass is 35.5. The van der Waals surface area contributed by atoms with Crippen LogP contribution >= 0.6 is 11.6 Å². The molecule has 2 atom stereocenters. The van der Waals surface area contributed by atoms with Crippen molar-refractivity contribution in [1.82, 2.24) is 0 Å². The summed E-state index contributed by atoms with van der Waals surface area (Å²) in [4.78, 5) is 2.49. The van der Waals surface area contributed by atoms with Gasteiger partial charge in [0.25, 0.3) is 0 Å². The van der Waals surface area contributed by atoms with Gasteiger partial charge >= 0.3 is 0 Å². The number of rotatable bonds is 2. The number of fused-ring (bicyclic) bond motifs is 1. The minimum atomic E-state index is 0.0976. The summed E-state index contributed by atoms with van der Waals surface area (Å²) in [7, 11) is 0. The molecular weight excluding hydrogens is 246 g/mol. The molecule has 0 radical (unpaired) electrons. The molecule has 3 rings (SSSR count). The zero-order valence-electron chi connectivity index (χ0n) is 10.6.